The van der Waals surface area contributed by atoms with Crippen LogP contribution in [0.2, 0.25) is 0 Å². The van der Waals surface area contributed by atoms with Gasteiger partial charge in [0.2, 0.25) is 5.91 Å². The number of nitrogens with one attached hydrogen (secondary N) is 2. The number of hydrogen-bond donors (Lipinski definition) is 2. The second kappa shape index (κ2) is 11.1. The Morgan fingerprint density at radius 3 is 2.49 bits per heavy atom. The number of pyridine rings is 1. The Morgan fingerprint density at radius 2 is 1.77 bits per heavy atom. The Morgan fingerprint density at radius 1 is 0.943 bits per heavy atom. The number of hydrogen-bond acceptors (Lipinski definition) is 5. The fourth-order valence-electron chi connectivity index (χ4n) is 3.96. The quantitative estimate of drug-likeness (QED) is 0.378. The third kappa shape index (κ3) is 7.16. The van der Waals surface area contributed by atoms with E-state index in [9.17, 15) is 9.59 Å². The van der Waals surface area contributed by atoms with E-state index in [1.807, 2.05) is 60.7 Å². The number of rotatable bonds is 11. The van der Waals surface area contributed by atoms with E-state index in [0.29, 0.717) is 30.7 Å². The van der Waals surface area contributed by atoms with Crippen molar-refractivity contribution in [1.29, 1.82) is 0 Å². The zero-order chi connectivity index (χ0) is 24.0. The fourth-order valence-corrected chi connectivity index (χ4v) is 4.76. The predicted molar refractivity (Wildman–Crippen MR) is 139 cm³/mol. The van der Waals surface area contributed by atoms with Crippen LogP contribution in [0.25, 0.3) is 0 Å². The van der Waals surface area contributed by atoms with Crippen molar-refractivity contribution in [3.8, 4) is 0 Å². The van der Waals surface area contributed by atoms with Crippen LogP contribution in [0.4, 0.5) is 5.69 Å². The second-order valence-corrected chi connectivity index (χ2v) is 10.3. The third-order valence-corrected chi connectivity index (χ3v) is 7.17. The van der Waals surface area contributed by atoms with Gasteiger partial charge in [-0.25, -0.2) is 4.98 Å². The summed E-state index contributed by atoms with van der Waals surface area (Å²) in [6.07, 6.45) is 6.20. The predicted octanol–water partition coefficient (Wildman–Crippen LogP) is 4.87. The van der Waals surface area contributed by atoms with Crippen LogP contribution in [0.1, 0.15) is 47.2 Å². The molecule has 180 valence electrons. The van der Waals surface area contributed by atoms with Crippen LogP contribution in [0.5, 0.6) is 0 Å². The van der Waals surface area contributed by atoms with Crippen molar-refractivity contribution in [3.63, 3.8) is 0 Å². The van der Waals surface area contributed by atoms with Gasteiger partial charge in [-0.2, -0.15) is 0 Å². The summed E-state index contributed by atoms with van der Waals surface area (Å²) in [5.74, 6) is 0.786. The molecule has 2 aliphatic rings. The minimum absolute atomic E-state index is 0.00172. The molecule has 2 amide bonds. The van der Waals surface area contributed by atoms with E-state index in [2.05, 4.69) is 26.6 Å². The molecule has 2 aromatic carbocycles. The SMILES string of the molecule is O=C(CN(Cc1ccc(C(=O)NC2CC2)cc1)C1CC1)Nc1cccc(CSc2ccccn2)c1. The van der Waals surface area contributed by atoms with Crippen LogP contribution < -0.4 is 10.6 Å². The highest BCUT2D eigenvalue weighted by atomic mass is 32.2. The Hall–Kier alpha value is -3.16. The molecule has 0 saturated heterocycles. The van der Waals surface area contributed by atoms with Crippen LogP contribution in [-0.4, -0.2) is 40.3 Å². The van der Waals surface area contributed by atoms with Gasteiger partial charge in [0.1, 0.15) is 0 Å². The van der Waals surface area contributed by atoms with Crippen molar-refractivity contribution < 1.29 is 9.59 Å². The Bertz CT molecular complexity index is 1160. The number of amides is 2. The van der Waals surface area contributed by atoms with Crippen LogP contribution in [0.3, 0.4) is 0 Å². The highest BCUT2D eigenvalue weighted by Gasteiger charge is 2.30. The number of carbonyl (C=O) groups is 2. The molecule has 2 N–H and O–H groups in total. The van der Waals surface area contributed by atoms with E-state index in [0.717, 1.165) is 53.3 Å². The molecule has 35 heavy (non-hydrogen) atoms. The lowest BCUT2D eigenvalue weighted by Crippen LogP contribution is -2.34. The summed E-state index contributed by atoms with van der Waals surface area (Å²) in [6, 6.07) is 22.5. The van der Waals surface area contributed by atoms with Gasteiger partial charge in [-0.15, -0.1) is 11.8 Å². The molecular weight excluding hydrogens is 456 g/mol. The maximum absolute atomic E-state index is 12.9. The lowest BCUT2D eigenvalue weighted by Gasteiger charge is -2.21. The molecule has 5 rings (SSSR count). The van der Waals surface area contributed by atoms with E-state index < -0.39 is 0 Å². The molecule has 1 aromatic heterocycles. The topological polar surface area (TPSA) is 74.3 Å². The number of anilines is 1. The monoisotopic (exact) mass is 486 g/mol. The highest BCUT2D eigenvalue weighted by Crippen LogP contribution is 2.28. The maximum atomic E-state index is 12.9. The van der Waals surface area contributed by atoms with Crippen molar-refractivity contribution in [2.75, 3.05) is 11.9 Å². The van der Waals surface area contributed by atoms with Gasteiger partial charge < -0.3 is 10.6 Å². The Kier molecular flexibility index (Phi) is 7.45. The molecule has 0 unspecified atom stereocenters. The van der Waals surface area contributed by atoms with Crippen LogP contribution >= 0.6 is 11.8 Å². The van der Waals surface area contributed by atoms with Gasteiger partial charge in [0.25, 0.3) is 5.91 Å². The molecule has 2 fully saturated rings. The van der Waals surface area contributed by atoms with E-state index in [-0.39, 0.29) is 11.8 Å². The summed E-state index contributed by atoms with van der Waals surface area (Å²) in [7, 11) is 0. The summed E-state index contributed by atoms with van der Waals surface area (Å²) in [5.41, 5.74) is 3.76. The molecule has 0 aliphatic heterocycles. The summed E-state index contributed by atoms with van der Waals surface area (Å²) in [4.78, 5) is 31.7. The normalized spacial score (nSPS) is 15.1. The average molecular weight is 487 g/mol. The van der Waals surface area contributed by atoms with Gasteiger partial charge in [-0.05, 0) is 73.2 Å². The maximum Gasteiger partial charge on any atom is 0.251 e. The molecule has 0 spiro atoms. The average Bonchev–Trinajstić information content (AvgIpc) is 3.79. The first-order valence-electron chi connectivity index (χ1n) is 12.2. The summed E-state index contributed by atoms with van der Waals surface area (Å²) in [6.45, 7) is 1.05. The number of carbonyl (C=O) groups excluding carboxylic acids is 2. The molecular formula is C28H30N4O2S. The van der Waals surface area contributed by atoms with Gasteiger partial charge in [-0.1, -0.05) is 30.3 Å². The lowest BCUT2D eigenvalue weighted by molar-refractivity contribution is -0.117. The zero-order valence-electron chi connectivity index (χ0n) is 19.7. The van der Waals surface area contributed by atoms with Crippen molar-refractivity contribution in [3.05, 3.63) is 89.6 Å². The second-order valence-electron chi connectivity index (χ2n) is 9.29. The summed E-state index contributed by atoms with van der Waals surface area (Å²) >= 11 is 1.68. The molecule has 2 saturated carbocycles. The lowest BCUT2D eigenvalue weighted by atomic mass is 10.1. The molecule has 0 bridgehead atoms. The minimum atomic E-state index is -0.00754. The molecule has 7 heteroatoms. The van der Waals surface area contributed by atoms with Gasteiger partial charge in [0, 0.05) is 41.8 Å². The van der Waals surface area contributed by atoms with E-state index in [1.165, 1.54) is 0 Å². The van der Waals surface area contributed by atoms with Crippen LogP contribution in [0, 0.1) is 0 Å². The number of nitrogens with zero attached hydrogens (tertiary/aromatic N) is 2. The van der Waals surface area contributed by atoms with Crippen molar-refractivity contribution in [2.45, 2.75) is 55.1 Å². The largest absolute Gasteiger partial charge is 0.349 e. The van der Waals surface area contributed by atoms with E-state index >= 15 is 0 Å². The van der Waals surface area contributed by atoms with Crippen molar-refractivity contribution in [2.24, 2.45) is 0 Å². The third-order valence-electron chi connectivity index (χ3n) is 6.16. The first kappa shape index (κ1) is 23.6. The summed E-state index contributed by atoms with van der Waals surface area (Å²) < 4.78 is 0. The summed E-state index contributed by atoms with van der Waals surface area (Å²) in [5, 5.41) is 7.08. The van der Waals surface area contributed by atoms with Crippen molar-refractivity contribution in [1.82, 2.24) is 15.2 Å². The molecule has 6 nitrogen and oxygen atoms in total. The molecule has 3 aromatic rings. The van der Waals surface area contributed by atoms with Crippen LogP contribution in [0.15, 0.2) is 78.0 Å². The van der Waals surface area contributed by atoms with Gasteiger partial charge in [-0.3, -0.25) is 14.5 Å². The molecule has 0 atom stereocenters. The fraction of sp³-hybridized carbons (Fsp3) is 0.321. The van der Waals surface area contributed by atoms with Crippen molar-refractivity contribution >= 4 is 29.3 Å². The zero-order valence-corrected chi connectivity index (χ0v) is 20.5. The molecule has 2 aliphatic carbocycles. The first-order chi connectivity index (χ1) is 17.1. The molecule has 1 heterocycles. The van der Waals surface area contributed by atoms with Gasteiger partial charge >= 0.3 is 0 Å². The first-order valence-corrected chi connectivity index (χ1v) is 13.2. The van der Waals surface area contributed by atoms with Gasteiger partial charge in [0.15, 0.2) is 0 Å². The standard InChI is InChI=1S/C28H30N4O2S/c33-26(30-24-5-3-4-21(16-24)19-35-27-6-1-2-15-29-27)18-32(25-13-14-25)17-20-7-9-22(10-8-20)28(34)31-23-11-12-23/h1-10,15-16,23,25H,11-14,17-19H2,(H,30,33)(H,31,34). The van der Waals surface area contributed by atoms with E-state index in [4.69, 9.17) is 0 Å². The Balaban J connectivity index is 1.14. The number of aromatic nitrogens is 1. The molecule has 0 radical (unpaired) electrons. The number of benzene rings is 2. The van der Waals surface area contributed by atoms with Gasteiger partial charge in [0.05, 0.1) is 11.6 Å². The van der Waals surface area contributed by atoms with E-state index in [1.54, 1.807) is 18.0 Å². The van der Waals surface area contributed by atoms with Crippen LogP contribution in [-0.2, 0) is 17.1 Å². The minimum Gasteiger partial charge on any atom is -0.349 e. The smallest absolute Gasteiger partial charge is 0.251 e. The highest BCUT2D eigenvalue weighted by molar-refractivity contribution is 7.98. The Labute approximate surface area is 210 Å². The number of thioether (sulfide) groups is 1.